The molecule has 21 heavy (non-hydrogen) atoms. The van der Waals surface area contributed by atoms with E-state index in [-0.39, 0.29) is 5.25 Å². The van der Waals surface area contributed by atoms with Gasteiger partial charge in [0.2, 0.25) is 0 Å². The summed E-state index contributed by atoms with van der Waals surface area (Å²) in [5.74, 6) is 0.356. The smallest absolute Gasteiger partial charge is 0.191 e. The molecule has 0 aliphatic carbocycles. The van der Waals surface area contributed by atoms with E-state index >= 15 is 0 Å². The van der Waals surface area contributed by atoms with E-state index in [0.29, 0.717) is 16.1 Å². The van der Waals surface area contributed by atoms with E-state index in [1.807, 2.05) is 24.6 Å². The second-order valence-electron chi connectivity index (χ2n) is 4.35. The Morgan fingerprint density at radius 1 is 1.29 bits per heavy atom. The van der Waals surface area contributed by atoms with E-state index in [1.54, 1.807) is 11.3 Å². The maximum Gasteiger partial charge on any atom is 0.191 e. The molecule has 2 N–H and O–H groups in total. The lowest BCUT2D eigenvalue weighted by Crippen LogP contribution is -1.98. The third-order valence-corrected chi connectivity index (χ3v) is 5.39. The maximum atomic E-state index is 6.17. The minimum absolute atomic E-state index is 0.0585. The molecule has 0 saturated heterocycles. The molecule has 3 aromatic heterocycles. The molecule has 108 valence electrons. The third kappa shape index (κ3) is 3.23. The fourth-order valence-electron chi connectivity index (χ4n) is 1.83. The second-order valence-corrected chi connectivity index (χ2v) is 7.36. The average Bonchev–Trinajstić information content (AvgIpc) is 2.79. The molecule has 1 unspecified atom stereocenters. The molecule has 0 spiro atoms. The second kappa shape index (κ2) is 5.96. The Morgan fingerprint density at radius 3 is 2.86 bits per heavy atom. The molecule has 0 aliphatic rings. The molecule has 8 heteroatoms. The van der Waals surface area contributed by atoms with Crippen LogP contribution in [-0.2, 0) is 0 Å². The topological polar surface area (TPSA) is 64.7 Å². The van der Waals surface area contributed by atoms with Gasteiger partial charge in [-0.1, -0.05) is 35.0 Å². The van der Waals surface area contributed by atoms with Crippen LogP contribution in [0.25, 0.3) is 10.1 Å². The molecular formula is C13H10Cl2N4S2. The van der Waals surface area contributed by atoms with Crippen molar-refractivity contribution >= 4 is 62.2 Å². The Morgan fingerprint density at radius 2 is 2.10 bits per heavy atom. The number of hydrogen-bond donors (Lipinski definition) is 1. The first-order valence-corrected chi connectivity index (χ1v) is 8.54. The van der Waals surface area contributed by atoms with E-state index in [4.69, 9.17) is 28.9 Å². The van der Waals surface area contributed by atoms with Crippen molar-refractivity contribution in [2.24, 2.45) is 0 Å². The Balaban J connectivity index is 1.89. The summed E-state index contributed by atoms with van der Waals surface area (Å²) in [4.78, 5) is 12.8. The summed E-state index contributed by atoms with van der Waals surface area (Å²) in [5, 5.41) is 4.61. The number of halogens is 2. The number of pyridine rings is 1. The Bertz CT molecular complexity index is 786. The van der Waals surface area contributed by atoms with Gasteiger partial charge in [0.05, 0.1) is 20.7 Å². The summed E-state index contributed by atoms with van der Waals surface area (Å²) in [5.41, 5.74) is 6.59. The lowest BCUT2D eigenvalue weighted by molar-refractivity contribution is 0.947. The van der Waals surface area contributed by atoms with Gasteiger partial charge in [0.1, 0.15) is 11.0 Å². The largest absolute Gasteiger partial charge is 0.384 e. The Labute approximate surface area is 139 Å². The van der Waals surface area contributed by atoms with Gasteiger partial charge in [-0.15, -0.1) is 11.3 Å². The maximum absolute atomic E-state index is 6.17. The molecule has 3 heterocycles. The van der Waals surface area contributed by atoms with Crippen molar-refractivity contribution in [2.75, 3.05) is 5.73 Å². The summed E-state index contributed by atoms with van der Waals surface area (Å²) >= 11 is 15.1. The number of fused-ring (bicyclic) bond motifs is 1. The molecule has 0 fully saturated rings. The van der Waals surface area contributed by atoms with Crippen molar-refractivity contribution in [3.63, 3.8) is 0 Å². The number of thioether (sulfide) groups is 1. The molecule has 1 atom stereocenters. The molecule has 3 aromatic rings. The average molecular weight is 357 g/mol. The van der Waals surface area contributed by atoms with Gasteiger partial charge in [0.15, 0.2) is 5.16 Å². The summed E-state index contributed by atoms with van der Waals surface area (Å²) in [6.45, 7) is 2.03. The SMILES string of the molecule is CC(Sc1nc(N)cc(Cl)n1)c1cc2c(Cl)csc2cn1. The lowest BCUT2D eigenvalue weighted by Gasteiger charge is -2.10. The van der Waals surface area contributed by atoms with Crippen LogP contribution in [0.4, 0.5) is 5.82 Å². The van der Waals surface area contributed by atoms with Gasteiger partial charge in [0, 0.05) is 23.0 Å². The van der Waals surface area contributed by atoms with Gasteiger partial charge in [-0.05, 0) is 13.0 Å². The van der Waals surface area contributed by atoms with Crippen LogP contribution in [0.3, 0.4) is 0 Å². The highest BCUT2D eigenvalue weighted by Gasteiger charge is 2.14. The number of nitrogen functional groups attached to an aromatic ring is 1. The van der Waals surface area contributed by atoms with Crippen LogP contribution >= 0.6 is 46.3 Å². The minimum atomic E-state index is 0.0585. The van der Waals surface area contributed by atoms with Crippen molar-refractivity contribution in [3.8, 4) is 0 Å². The van der Waals surface area contributed by atoms with Crippen molar-refractivity contribution in [2.45, 2.75) is 17.3 Å². The summed E-state index contributed by atoms with van der Waals surface area (Å²) in [7, 11) is 0. The normalized spacial score (nSPS) is 12.7. The number of hydrogen-bond acceptors (Lipinski definition) is 6. The molecule has 3 rings (SSSR count). The first-order valence-electron chi connectivity index (χ1n) is 6.02. The number of nitrogens with zero attached hydrogens (tertiary/aromatic N) is 3. The monoisotopic (exact) mass is 356 g/mol. The first-order chi connectivity index (χ1) is 10.0. The highest BCUT2D eigenvalue weighted by atomic mass is 35.5. The highest BCUT2D eigenvalue weighted by Crippen LogP contribution is 2.36. The first kappa shape index (κ1) is 14.8. The summed E-state index contributed by atoms with van der Waals surface area (Å²) < 4.78 is 1.07. The Hall–Kier alpha value is -1.08. The molecule has 0 aromatic carbocycles. The van der Waals surface area contributed by atoms with Crippen molar-refractivity contribution in [1.29, 1.82) is 0 Å². The van der Waals surface area contributed by atoms with Crippen LogP contribution in [-0.4, -0.2) is 15.0 Å². The van der Waals surface area contributed by atoms with Gasteiger partial charge in [-0.3, -0.25) is 4.98 Å². The molecule has 0 amide bonds. The fourth-order valence-corrected chi connectivity index (χ4v) is 4.05. The van der Waals surface area contributed by atoms with E-state index in [2.05, 4.69) is 15.0 Å². The number of rotatable bonds is 3. The molecular weight excluding hydrogens is 347 g/mol. The Kier molecular flexibility index (Phi) is 4.21. The molecule has 0 radical (unpaired) electrons. The quantitative estimate of drug-likeness (QED) is 0.413. The third-order valence-electron chi connectivity index (χ3n) is 2.83. The highest BCUT2D eigenvalue weighted by molar-refractivity contribution is 7.99. The van der Waals surface area contributed by atoms with Gasteiger partial charge in [-0.25, -0.2) is 9.97 Å². The van der Waals surface area contributed by atoms with E-state index < -0.39 is 0 Å². The standard InChI is InChI=1S/C13H10Cl2N4S2/c1-6(21-13-18-11(15)3-12(16)19-13)9-2-7-8(14)5-20-10(7)4-17-9/h2-6H,1H3,(H2,16,18,19). The zero-order valence-corrected chi connectivity index (χ0v) is 14.0. The number of thiophene rings is 1. The predicted molar refractivity (Wildman–Crippen MR) is 90.4 cm³/mol. The van der Waals surface area contributed by atoms with Crippen molar-refractivity contribution < 1.29 is 0 Å². The molecule has 0 saturated carbocycles. The molecule has 0 aliphatic heterocycles. The molecule has 0 bridgehead atoms. The number of aromatic nitrogens is 3. The van der Waals surface area contributed by atoms with Gasteiger partial charge < -0.3 is 5.73 Å². The van der Waals surface area contributed by atoms with Crippen LogP contribution in [0.5, 0.6) is 0 Å². The summed E-state index contributed by atoms with van der Waals surface area (Å²) in [6, 6.07) is 3.52. The van der Waals surface area contributed by atoms with Crippen LogP contribution in [0.1, 0.15) is 17.9 Å². The van der Waals surface area contributed by atoms with Gasteiger partial charge in [-0.2, -0.15) is 0 Å². The fraction of sp³-hybridized carbons (Fsp3) is 0.154. The van der Waals surface area contributed by atoms with Crippen molar-refractivity contribution in [3.05, 3.63) is 39.6 Å². The number of anilines is 1. The van der Waals surface area contributed by atoms with Gasteiger partial charge in [0.25, 0.3) is 0 Å². The predicted octanol–water partition coefficient (Wildman–Crippen LogP) is 4.83. The van der Waals surface area contributed by atoms with Crippen LogP contribution in [0.2, 0.25) is 10.2 Å². The van der Waals surface area contributed by atoms with E-state index in [0.717, 1.165) is 20.8 Å². The zero-order valence-electron chi connectivity index (χ0n) is 10.9. The zero-order chi connectivity index (χ0) is 15.0. The van der Waals surface area contributed by atoms with Crippen molar-refractivity contribution in [1.82, 2.24) is 15.0 Å². The van der Waals surface area contributed by atoms with E-state index in [9.17, 15) is 0 Å². The van der Waals surface area contributed by atoms with Crippen LogP contribution in [0, 0.1) is 0 Å². The lowest BCUT2D eigenvalue weighted by atomic mass is 10.2. The minimum Gasteiger partial charge on any atom is -0.384 e. The van der Waals surface area contributed by atoms with Gasteiger partial charge >= 0.3 is 0 Å². The number of nitrogens with two attached hydrogens (primary N) is 1. The van der Waals surface area contributed by atoms with Crippen LogP contribution in [0.15, 0.2) is 28.9 Å². The van der Waals surface area contributed by atoms with Crippen LogP contribution < -0.4 is 5.73 Å². The summed E-state index contributed by atoms with van der Waals surface area (Å²) in [6.07, 6.45) is 1.84. The van der Waals surface area contributed by atoms with E-state index in [1.165, 1.54) is 17.8 Å². The molecule has 4 nitrogen and oxygen atoms in total.